The highest BCUT2D eigenvalue weighted by atomic mass is 32.1. The number of carbonyl (C=O) groups excluding carboxylic acids is 2. The summed E-state index contributed by atoms with van der Waals surface area (Å²) in [6, 6.07) is 6.70. The lowest BCUT2D eigenvalue weighted by Crippen LogP contribution is -2.48. The summed E-state index contributed by atoms with van der Waals surface area (Å²) in [5, 5.41) is 0. The van der Waals surface area contributed by atoms with Crippen molar-refractivity contribution in [2.75, 3.05) is 31.1 Å². The second-order valence-corrected chi connectivity index (χ2v) is 8.40. The maximum Gasteiger partial charge on any atom is 0.264 e. The molecular weight excluding hydrogens is 363 g/mol. The van der Waals surface area contributed by atoms with E-state index in [1.54, 1.807) is 23.5 Å². The van der Waals surface area contributed by atoms with Crippen LogP contribution in [0.15, 0.2) is 24.3 Å². The number of Topliss-reactive ketones (excluding diaryl/α,β-unsaturated/α-hetero) is 1. The Kier molecular flexibility index (Phi) is 5.00. The van der Waals surface area contributed by atoms with Crippen LogP contribution < -0.4 is 4.90 Å². The van der Waals surface area contributed by atoms with Crippen LogP contribution in [0.2, 0.25) is 0 Å². The first-order valence-electron chi connectivity index (χ1n) is 9.49. The molecule has 4 rings (SSSR count). The molecule has 0 spiro atoms. The molecular formula is C21H23FN2O2S. The summed E-state index contributed by atoms with van der Waals surface area (Å²) in [6.07, 6.45) is 4.61. The van der Waals surface area contributed by atoms with Gasteiger partial charge in [0.2, 0.25) is 0 Å². The zero-order chi connectivity index (χ0) is 19.0. The standard InChI is InChI=1S/C21H23FN2O2S/c1-14(25)15-6-7-18(17(22)12-15)23-8-10-24(11-9-23)21(26)20-13-16-4-2-3-5-19(16)27-20/h6-7,12-13H,2-5,8-11H2,1H3. The van der Waals surface area contributed by atoms with Crippen molar-refractivity contribution in [2.24, 2.45) is 0 Å². The Bertz CT molecular complexity index is 861. The molecule has 1 amide bonds. The molecule has 6 heteroatoms. The number of halogens is 1. The highest BCUT2D eigenvalue weighted by molar-refractivity contribution is 7.14. The van der Waals surface area contributed by atoms with E-state index in [-0.39, 0.29) is 17.5 Å². The molecule has 0 unspecified atom stereocenters. The van der Waals surface area contributed by atoms with Crippen LogP contribution in [0.4, 0.5) is 10.1 Å². The Morgan fingerprint density at radius 3 is 2.44 bits per heavy atom. The third-order valence-electron chi connectivity index (χ3n) is 5.47. The van der Waals surface area contributed by atoms with E-state index < -0.39 is 0 Å². The predicted molar refractivity (Wildman–Crippen MR) is 105 cm³/mol. The molecule has 2 aliphatic rings. The SMILES string of the molecule is CC(=O)c1ccc(N2CCN(C(=O)c3cc4c(s3)CCCC4)CC2)c(F)c1. The van der Waals surface area contributed by atoms with E-state index in [4.69, 9.17) is 0 Å². The average molecular weight is 386 g/mol. The molecule has 1 aliphatic heterocycles. The number of hydrogen-bond acceptors (Lipinski definition) is 4. The van der Waals surface area contributed by atoms with Gasteiger partial charge in [0.25, 0.3) is 5.91 Å². The molecule has 1 fully saturated rings. The van der Waals surface area contributed by atoms with Crippen LogP contribution in [0, 0.1) is 5.82 Å². The van der Waals surface area contributed by atoms with E-state index in [1.807, 2.05) is 9.80 Å². The minimum Gasteiger partial charge on any atom is -0.366 e. The van der Waals surface area contributed by atoms with Crippen molar-refractivity contribution in [1.29, 1.82) is 0 Å². The van der Waals surface area contributed by atoms with Gasteiger partial charge in [0, 0.05) is 36.6 Å². The third-order valence-corrected chi connectivity index (χ3v) is 6.69. The second-order valence-electron chi connectivity index (χ2n) is 7.27. The van der Waals surface area contributed by atoms with Gasteiger partial charge in [-0.05, 0) is 62.4 Å². The fourth-order valence-electron chi connectivity index (χ4n) is 3.88. The van der Waals surface area contributed by atoms with E-state index in [9.17, 15) is 14.0 Å². The van der Waals surface area contributed by atoms with Gasteiger partial charge in [0.1, 0.15) is 5.82 Å². The summed E-state index contributed by atoms with van der Waals surface area (Å²) in [6.45, 7) is 3.77. The highest BCUT2D eigenvalue weighted by Gasteiger charge is 2.26. The van der Waals surface area contributed by atoms with Crippen molar-refractivity contribution in [1.82, 2.24) is 4.90 Å². The largest absolute Gasteiger partial charge is 0.366 e. The lowest BCUT2D eigenvalue weighted by Gasteiger charge is -2.36. The van der Waals surface area contributed by atoms with Gasteiger partial charge in [0.05, 0.1) is 10.6 Å². The lowest BCUT2D eigenvalue weighted by molar-refractivity contribution is 0.0751. The number of fused-ring (bicyclic) bond motifs is 1. The van der Waals surface area contributed by atoms with Crippen LogP contribution in [-0.4, -0.2) is 42.8 Å². The van der Waals surface area contributed by atoms with Gasteiger partial charge in [-0.15, -0.1) is 11.3 Å². The molecule has 0 N–H and O–H groups in total. The highest BCUT2D eigenvalue weighted by Crippen LogP contribution is 2.31. The van der Waals surface area contributed by atoms with Gasteiger partial charge in [-0.25, -0.2) is 4.39 Å². The molecule has 0 atom stereocenters. The first-order valence-corrected chi connectivity index (χ1v) is 10.3. The number of aryl methyl sites for hydroxylation is 2. The lowest BCUT2D eigenvalue weighted by atomic mass is 9.99. The van der Waals surface area contributed by atoms with Crippen molar-refractivity contribution < 1.29 is 14.0 Å². The van der Waals surface area contributed by atoms with Crippen LogP contribution in [-0.2, 0) is 12.8 Å². The third kappa shape index (κ3) is 3.63. The first kappa shape index (κ1) is 18.2. The van der Waals surface area contributed by atoms with Crippen molar-refractivity contribution in [2.45, 2.75) is 32.6 Å². The average Bonchev–Trinajstić information content (AvgIpc) is 3.11. The van der Waals surface area contributed by atoms with Crippen molar-refractivity contribution in [3.8, 4) is 0 Å². The quantitative estimate of drug-likeness (QED) is 0.751. The number of nitrogens with zero attached hydrogens (tertiary/aromatic N) is 2. The van der Waals surface area contributed by atoms with E-state index in [2.05, 4.69) is 6.07 Å². The van der Waals surface area contributed by atoms with Crippen molar-refractivity contribution in [3.05, 3.63) is 51.0 Å². The fourth-order valence-corrected chi connectivity index (χ4v) is 5.11. The molecule has 142 valence electrons. The van der Waals surface area contributed by atoms with Crippen LogP contribution in [0.3, 0.4) is 0 Å². The van der Waals surface area contributed by atoms with E-state index in [0.29, 0.717) is 37.4 Å². The number of ketones is 1. The normalized spacial score (nSPS) is 17.0. The number of rotatable bonds is 3. The monoisotopic (exact) mass is 386 g/mol. The molecule has 0 radical (unpaired) electrons. The second kappa shape index (κ2) is 7.43. The number of benzene rings is 1. The van der Waals surface area contributed by atoms with Crippen LogP contribution >= 0.6 is 11.3 Å². The number of thiophene rings is 1. The molecule has 1 saturated heterocycles. The molecule has 1 aliphatic carbocycles. The minimum atomic E-state index is -0.381. The van der Waals surface area contributed by atoms with E-state index >= 15 is 0 Å². The van der Waals surface area contributed by atoms with Gasteiger partial charge in [0.15, 0.2) is 5.78 Å². The Morgan fingerprint density at radius 1 is 1.04 bits per heavy atom. The smallest absolute Gasteiger partial charge is 0.264 e. The summed E-state index contributed by atoms with van der Waals surface area (Å²) in [5.74, 6) is -0.427. The Hall–Kier alpha value is -2.21. The molecule has 1 aromatic heterocycles. The Morgan fingerprint density at radius 2 is 1.78 bits per heavy atom. The van der Waals surface area contributed by atoms with Gasteiger partial charge in [-0.1, -0.05) is 0 Å². The van der Waals surface area contributed by atoms with E-state index in [1.165, 1.54) is 36.3 Å². The Labute approximate surface area is 162 Å². The summed E-state index contributed by atoms with van der Waals surface area (Å²) >= 11 is 1.64. The number of hydrogen-bond donors (Lipinski definition) is 0. The van der Waals surface area contributed by atoms with Gasteiger partial charge >= 0.3 is 0 Å². The maximum absolute atomic E-state index is 14.4. The van der Waals surface area contributed by atoms with Crippen LogP contribution in [0.5, 0.6) is 0 Å². The zero-order valence-electron chi connectivity index (χ0n) is 15.5. The molecule has 27 heavy (non-hydrogen) atoms. The number of amides is 1. The number of carbonyl (C=O) groups is 2. The number of piperazine rings is 1. The fraction of sp³-hybridized carbons (Fsp3) is 0.429. The van der Waals surface area contributed by atoms with Crippen molar-refractivity contribution >= 4 is 28.7 Å². The molecule has 2 heterocycles. The maximum atomic E-state index is 14.4. The van der Waals surface area contributed by atoms with Crippen molar-refractivity contribution in [3.63, 3.8) is 0 Å². The summed E-state index contributed by atoms with van der Waals surface area (Å²) in [5.41, 5.74) is 2.23. The zero-order valence-corrected chi connectivity index (χ0v) is 16.3. The molecule has 0 saturated carbocycles. The van der Waals surface area contributed by atoms with E-state index in [0.717, 1.165) is 17.7 Å². The molecule has 4 nitrogen and oxygen atoms in total. The van der Waals surface area contributed by atoms with Crippen LogP contribution in [0.25, 0.3) is 0 Å². The van der Waals surface area contributed by atoms with Gasteiger partial charge in [-0.2, -0.15) is 0 Å². The predicted octanol–water partition coefficient (Wildman–Crippen LogP) is 3.93. The first-order chi connectivity index (χ1) is 13.0. The Balaban J connectivity index is 1.42. The topological polar surface area (TPSA) is 40.6 Å². The summed E-state index contributed by atoms with van der Waals surface area (Å²) < 4.78 is 14.4. The van der Waals surface area contributed by atoms with Crippen LogP contribution in [0.1, 0.15) is 50.2 Å². The van der Waals surface area contributed by atoms with Gasteiger partial charge in [-0.3, -0.25) is 9.59 Å². The molecule has 0 bridgehead atoms. The summed E-state index contributed by atoms with van der Waals surface area (Å²) in [4.78, 5) is 30.3. The molecule has 2 aromatic rings. The number of anilines is 1. The van der Waals surface area contributed by atoms with Gasteiger partial charge < -0.3 is 9.80 Å². The molecule has 1 aromatic carbocycles. The minimum absolute atomic E-state index is 0.0986. The summed E-state index contributed by atoms with van der Waals surface area (Å²) in [7, 11) is 0.